The number of rotatable bonds is 5. The Morgan fingerprint density at radius 2 is 1.52 bits per heavy atom. The second-order valence-electron chi connectivity index (χ2n) is 6.50. The van der Waals surface area contributed by atoms with E-state index in [-0.39, 0.29) is 19.5 Å². The average Bonchev–Trinajstić information content (AvgIpc) is 3.41. The largest absolute Gasteiger partial charge is 0.454 e. The molecule has 146 valence electrons. The first-order chi connectivity index (χ1) is 14.2. The van der Waals surface area contributed by atoms with Gasteiger partial charge in [0, 0.05) is 18.3 Å². The van der Waals surface area contributed by atoms with E-state index in [0.29, 0.717) is 29.5 Å². The molecule has 0 atom stereocenters. The molecule has 29 heavy (non-hydrogen) atoms. The third-order valence-electron chi connectivity index (χ3n) is 4.55. The predicted molar refractivity (Wildman–Crippen MR) is 104 cm³/mol. The molecule has 0 fully saturated rings. The summed E-state index contributed by atoms with van der Waals surface area (Å²) in [7, 11) is 0. The monoisotopic (exact) mass is 391 g/mol. The van der Waals surface area contributed by atoms with Crippen LogP contribution in [0.4, 0.5) is 11.4 Å². The summed E-state index contributed by atoms with van der Waals surface area (Å²) in [6, 6.07) is 14.6. The lowest BCUT2D eigenvalue weighted by molar-refractivity contribution is 0.0946. The molecule has 3 heterocycles. The number of fused-ring (bicyclic) bond motifs is 2. The van der Waals surface area contributed by atoms with Crippen LogP contribution in [-0.2, 0) is 6.54 Å². The fourth-order valence-electron chi connectivity index (χ4n) is 3.07. The van der Waals surface area contributed by atoms with Crippen LogP contribution in [0.1, 0.15) is 16.1 Å². The molecule has 5 rings (SSSR count). The molecule has 2 aliphatic heterocycles. The number of amides is 1. The molecule has 2 N–H and O–H groups in total. The van der Waals surface area contributed by atoms with Gasteiger partial charge in [-0.2, -0.15) is 0 Å². The van der Waals surface area contributed by atoms with Gasteiger partial charge in [0.15, 0.2) is 23.0 Å². The van der Waals surface area contributed by atoms with Crippen LogP contribution in [0, 0.1) is 0 Å². The van der Waals surface area contributed by atoms with Crippen LogP contribution < -0.4 is 29.6 Å². The van der Waals surface area contributed by atoms with Gasteiger partial charge in [-0.25, -0.2) is 4.98 Å². The molecule has 3 aromatic rings. The smallest absolute Gasteiger partial charge is 0.270 e. The highest BCUT2D eigenvalue weighted by molar-refractivity contribution is 5.92. The van der Waals surface area contributed by atoms with Crippen LogP contribution in [0.2, 0.25) is 0 Å². The number of ether oxygens (including phenoxy) is 4. The fraction of sp³-hybridized carbons (Fsp3) is 0.143. The molecule has 0 radical (unpaired) electrons. The van der Waals surface area contributed by atoms with Crippen molar-refractivity contribution in [2.24, 2.45) is 0 Å². The number of carbonyl (C=O) groups is 1. The number of hydrogen-bond donors (Lipinski definition) is 2. The van der Waals surface area contributed by atoms with E-state index in [1.54, 1.807) is 18.3 Å². The maximum absolute atomic E-state index is 12.4. The molecule has 0 saturated carbocycles. The molecule has 1 amide bonds. The summed E-state index contributed by atoms with van der Waals surface area (Å²) >= 11 is 0. The van der Waals surface area contributed by atoms with Gasteiger partial charge in [0.25, 0.3) is 5.91 Å². The van der Waals surface area contributed by atoms with Gasteiger partial charge in [-0.05, 0) is 42.0 Å². The van der Waals surface area contributed by atoms with Crippen molar-refractivity contribution >= 4 is 17.3 Å². The zero-order chi connectivity index (χ0) is 19.6. The third kappa shape index (κ3) is 3.60. The number of carbonyl (C=O) groups excluding carboxylic acids is 1. The van der Waals surface area contributed by atoms with E-state index in [1.807, 2.05) is 36.4 Å². The van der Waals surface area contributed by atoms with E-state index in [9.17, 15) is 4.79 Å². The number of nitrogens with zero attached hydrogens (tertiary/aromatic N) is 1. The Bertz CT molecular complexity index is 1070. The molecule has 0 saturated heterocycles. The van der Waals surface area contributed by atoms with Gasteiger partial charge < -0.3 is 29.6 Å². The van der Waals surface area contributed by atoms with Crippen LogP contribution in [0.5, 0.6) is 23.0 Å². The van der Waals surface area contributed by atoms with E-state index in [2.05, 4.69) is 15.6 Å². The molecule has 2 aliphatic rings. The number of benzene rings is 2. The van der Waals surface area contributed by atoms with Gasteiger partial charge in [-0.3, -0.25) is 4.79 Å². The molecular formula is C21H17N3O5. The van der Waals surface area contributed by atoms with Crippen molar-refractivity contribution in [1.29, 1.82) is 0 Å². The zero-order valence-electron chi connectivity index (χ0n) is 15.3. The second kappa shape index (κ2) is 7.23. The van der Waals surface area contributed by atoms with Crippen molar-refractivity contribution in [3.05, 3.63) is 66.0 Å². The Kier molecular flexibility index (Phi) is 4.28. The van der Waals surface area contributed by atoms with E-state index in [4.69, 9.17) is 18.9 Å². The van der Waals surface area contributed by atoms with E-state index in [0.717, 1.165) is 22.7 Å². The standard InChI is InChI=1S/C21H17N3O5/c25-21(23-9-13-1-5-17-19(7-13)28-11-26-17)16-4-2-15(10-22-16)24-14-3-6-18-20(8-14)29-12-27-18/h1-8,10,24H,9,11-12H2,(H,23,25). The van der Waals surface area contributed by atoms with E-state index < -0.39 is 0 Å². The SMILES string of the molecule is O=C(NCc1ccc2c(c1)OCO2)c1ccc(Nc2ccc3c(c2)OCO3)cn1. The lowest BCUT2D eigenvalue weighted by atomic mass is 10.2. The highest BCUT2D eigenvalue weighted by Gasteiger charge is 2.15. The molecule has 1 aromatic heterocycles. The molecule has 8 nitrogen and oxygen atoms in total. The average molecular weight is 391 g/mol. The highest BCUT2D eigenvalue weighted by Crippen LogP contribution is 2.35. The number of pyridine rings is 1. The van der Waals surface area contributed by atoms with Gasteiger partial charge in [-0.15, -0.1) is 0 Å². The van der Waals surface area contributed by atoms with Crippen molar-refractivity contribution in [2.45, 2.75) is 6.54 Å². The zero-order valence-corrected chi connectivity index (χ0v) is 15.3. The van der Waals surface area contributed by atoms with Crippen molar-refractivity contribution < 1.29 is 23.7 Å². The van der Waals surface area contributed by atoms with Crippen molar-refractivity contribution in [2.75, 3.05) is 18.9 Å². The molecule has 0 unspecified atom stereocenters. The molecular weight excluding hydrogens is 374 g/mol. The minimum atomic E-state index is -0.253. The summed E-state index contributed by atoms with van der Waals surface area (Å²) in [6.45, 7) is 0.826. The van der Waals surface area contributed by atoms with E-state index in [1.165, 1.54) is 0 Å². The van der Waals surface area contributed by atoms with Gasteiger partial charge >= 0.3 is 0 Å². The summed E-state index contributed by atoms with van der Waals surface area (Å²) < 4.78 is 21.3. The summed E-state index contributed by atoms with van der Waals surface area (Å²) in [5, 5.41) is 6.08. The second-order valence-corrected chi connectivity index (χ2v) is 6.50. The van der Waals surface area contributed by atoms with Crippen LogP contribution in [0.25, 0.3) is 0 Å². The first kappa shape index (κ1) is 17.2. The molecule has 0 spiro atoms. The van der Waals surface area contributed by atoms with Gasteiger partial charge in [0.2, 0.25) is 13.6 Å². The van der Waals surface area contributed by atoms with Gasteiger partial charge in [0.1, 0.15) is 5.69 Å². The Morgan fingerprint density at radius 3 is 2.28 bits per heavy atom. The topological polar surface area (TPSA) is 90.9 Å². The Morgan fingerprint density at radius 1 is 0.828 bits per heavy atom. The van der Waals surface area contributed by atoms with Crippen LogP contribution in [-0.4, -0.2) is 24.5 Å². The molecule has 0 aliphatic carbocycles. The molecule has 2 aromatic carbocycles. The lowest BCUT2D eigenvalue weighted by Gasteiger charge is -2.09. The maximum atomic E-state index is 12.4. The van der Waals surface area contributed by atoms with Gasteiger partial charge in [-0.1, -0.05) is 6.07 Å². The van der Waals surface area contributed by atoms with E-state index >= 15 is 0 Å². The number of hydrogen-bond acceptors (Lipinski definition) is 7. The number of anilines is 2. The normalized spacial score (nSPS) is 13.2. The predicted octanol–water partition coefficient (Wildman–Crippen LogP) is 3.21. The van der Waals surface area contributed by atoms with Gasteiger partial charge in [0.05, 0.1) is 11.9 Å². The fourth-order valence-corrected chi connectivity index (χ4v) is 3.07. The van der Waals surface area contributed by atoms with Crippen LogP contribution >= 0.6 is 0 Å². The lowest BCUT2D eigenvalue weighted by Crippen LogP contribution is -2.23. The van der Waals surface area contributed by atoms with Crippen molar-refractivity contribution in [3.8, 4) is 23.0 Å². The van der Waals surface area contributed by atoms with Crippen molar-refractivity contribution in [3.63, 3.8) is 0 Å². The summed E-state index contributed by atoms with van der Waals surface area (Å²) in [6.07, 6.45) is 1.61. The molecule has 0 bridgehead atoms. The third-order valence-corrected chi connectivity index (χ3v) is 4.55. The van der Waals surface area contributed by atoms with Crippen LogP contribution in [0.3, 0.4) is 0 Å². The summed E-state index contributed by atoms with van der Waals surface area (Å²) in [5.41, 5.74) is 2.86. The number of nitrogens with one attached hydrogen (secondary N) is 2. The molecule has 8 heteroatoms. The maximum Gasteiger partial charge on any atom is 0.270 e. The minimum Gasteiger partial charge on any atom is -0.454 e. The quantitative estimate of drug-likeness (QED) is 0.690. The minimum absolute atomic E-state index is 0.224. The first-order valence-electron chi connectivity index (χ1n) is 9.04. The van der Waals surface area contributed by atoms with Crippen molar-refractivity contribution in [1.82, 2.24) is 10.3 Å². The Hall–Kier alpha value is -3.94. The Labute approximate surface area is 166 Å². The number of aromatic nitrogens is 1. The summed E-state index contributed by atoms with van der Waals surface area (Å²) in [5.74, 6) is 2.57. The highest BCUT2D eigenvalue weighted by atomic mass is 16.7. The first-order valence-corrected chi connectivity index (χ1v) is 9.04. The summed E-state index contributed by atoms with van der Waals surface area (Å²) in [4.78, 5) is 16.6. The Balaban J connectivity index is 1.20. The van der Waals surface area contributed by atoms with Crippen LogP contribution in [0.15, 0.2) is 54.7 Å².